The summed E-state index contributed by atoms with van der Waals surface area (Å²) in [6, 6.07) is 11.4. The Hall–Kier alpha value is -1.72. The number of hydrogen-bond donors (Lipinski definition) is 1. The molecule has 1 aliphatic heterocycles. The summed E-state index contributed by atoms with van der Waals surface area (Å²) in [4.78, 5) is 0.181. The lowest BCUT2D eigenvalue weighted by Crippen LogP contribution is -2.14. The summed E-state index contributed by atoms with van der Waals surface area (Å²) in [6.45, 7) is 0.711. The molecule has 0 spiro atoms. The lowest BCUT2D eigenvalue weighted by atomic mass is 10.1. The van der Waals surface area contributed by atoms with Crippen LogP contribution in [0.15, 0.2) is 47.4 Å². The Kier molecular flexibility index (Phi) is 3.78. The van der Waals surface area contributed by atoms with Gasteiger partial charge in [0.15, 0.2) is 0 Å². The minimum Gasteiger partial charge on any atom is -0.493 e. The van der Waals surface area contributed by atoms with Crippen molar-refractivity contribution in [1.82, 2.24) is 0 Å². The quantitative estimate of drug-likeness (QED) is 0.941. The van der Waals surface area contributed by atoms with Crippen LogP contribution < -0.4 is 9.46 Å². The third-order valence-corrected chi connectivity index (χ3v) is 4.93. The molecule has 0 unspecified atom stereocenters. The normalized spacial score (nSPS) is 14.1. The number of aryl methyl sites for hydroxylation is 1. The van der Waals surface area contributed by atoms with Gasteiger partial charge in [-0.1, -0.05) is 11.6 Å². The van der Waals surface area contributed by atoms with Gasteiger partial charge in [0, 0.05) is 10.7 Å². The number of halogens is 1. The maximum absolute atomic E-state index is 12.3. The number of anilines is 1. The SMILES string of the molecule is O=S(=O)(Nc1ccc2c(c1)CCCO2)c1ccc(Cl)cc1. The van der Waals surface area contributed by atoms with E-state index in [0.717, 1.165) is 24.2 Å². The maximum atomic E-state index is 12.3. The van der Waals surface area contributed by atoms with Crippen LogP contribution in [0.2, 0.25) is 5.02 Å². The van der Waals surface area contributed by atoms with Gasteiger partial charge >= 0.3 is 0 Å². The molecule has 1 N–H and O–H groups in total. The fraction of sp³-hybridized carbons (Fsp3) is 0.200. The molecule has 1 heterocycles. The molecule has 0 aromatic heterocycles. The predicted octanol–water partition coefficient (Wildman–Crippen LogP) is 3.47. The smallest absolute Gasteiger partial charge is 0.261 e. The third-order valence-electron chi connectivity index (χ3n) is 3.28. The Labute approximate surface area is 128 Å². The van der Waals surface area contributed by atoms with E-state index in [-0.39, 0.29) is 4.90 Å². The van der Waals surface area contributed by atoms with Crippen LogP contribution in [0.5, 0.6) is 5.75 Å². The van der Waals surface area contributed by atoms with E-state index in [1.807, 2.05) is 6.07 Å². The molecule has 21 heavy (non-hydrogen) atoms. The molecule has 0 atom stereocenters. The zero-order valence-corrected chi connectivity index (χ0v) is 12.7. The van der Waals surface area contributed by atoms with Gasteiger partial charge < -0.3 is 4.74 Å². The summed E-state index contributed by atoms with van der Waals surface area (Å²) in [5.41, 5.74) is 1.56. The van der Waals surface area contributed by atoms with Crippen LogP contribution in [0.4, 0.5) is 5.69 Å². The van der Waals surface area contributed by atoms with Gasteiger partial charge in [-0.3, -0.25) is 4.72 Å². The first-order valence-corrected chi connectivity index (χ1v) is 8.45. The zero-order valence-electron chi connectivity index (χ0n) is 11.2. The van der Waals surface area contributed by atoms with Gasteiger partial charge in [-0.05, 0) is 60.9 Å². The molecule has 4 nitrogen and oxygen atoms in total. The first-order valence-electron chi connectivity index (χ1n) is 6.59. The fourth-order valence-corrected chi connectivity index (χ4v) is 3.43. The average Bonchev–Trinajstić information content (AvgIpc) is 2.47. The molecule has 2 aromatic carbocycles. The average molecular weight is 324 g/mol. The van der Waals surface area contributed by atoms with Gasteiger partial charge in [0.25, 0.3) is 10.0 Å². The molecular formula is C15H14ClNO3S. The Morgan fingerprint density at radius 2 is 1.86 bits per heavy atom. The highest BCUT2D eigenvalue weighted by Gasteiger charge is 2.16. The van der Waals surface area contributed by atoms with Crippen LogP contribution in [0.1, 0.15) is 12.0 Å². The number of rotatable bonds is 3. The Balaban J connectivity index is 1.87. The van der Waals surface area contributed by atoms with Gasteiger partial charge in [0.1, 0.15) is 5.75 Å². The van der Waals surface area contributed by atoms with Crippen LogP contribution in [0, 0.1) is 0 Å². The summed E-state index contributed by atoms with van der Waals surface area (Å²) in [7, 11) is -3.61. The van der Waals surface area contributed by atoms with Crippen LogP contribution in [-0.4, -0.2) is 15.0 Å². The summed E-state index contributed by atoms with van der Waals surface area (Å²) in [5.74, 6) is 0.829. The van der Waals surface area contributed by atoms with E-state index < -0.39 is 10.0 Å². The summed E-state index contributed by atoms with van der Waals surface area (Å²) < 4.78 is 32.7. The van der Waals surface area contributed by atoms with Crippen LogP contribution in [0.3, 0.4) is 0 Å². The molecule has 0 saturated heterocycles. The van der Waals surface area contributed by atoms with E-state index in [1.54, 1.807) is 24.3 Å². The highest BCUT2D eigenvalue weighted by Crippen LogP contribution is 2.28. The molecule has 0 radical (unpaired) electrons. The largest absolute Gasteiger partial charge is 0.493 e. The predicted molar refractivity (Wildman–Crippen MR) is 82.5 cm³/mol. The molecule has 0 saturated carbocycles. The van der Waals surface area contributed by atoms with Crippen LogP contribution >= 0.6 is 11.6 Å². The third kappa shape index (κ3) is 3.14. The number of sulfonamides is 1. The molecule has 0 fully saturated rings. The molecule has 3 rings (SSSR count). The van der Waals surface area contributed by atoms with Crippen molar-refractivity contribution in [1.29, 1.82) is 0 Å². The Bertz CT molecular complexity index is 757. The molecular weight excluding hydrogens is 310 g/mol. The summed E-state index contributed by atoms with van der Waals surface area (Å²) in [5, 5.41) is 0.500. The van der Waals surface area contributed by atoms with Crippen molar-refractivity contribution >= 4 is 27.3 Å². The van der Waals surface area contributed by atoms with Crippen LogP contribution in [0.25, 0.3) is 0 Å². The molecule has 0 amide bonds. The number of fused-ring (bicyclic) bond motifs is 1. The summed E-state index contributed by atoms with van der Waals surface area (Å²) >= 11 is 5.77. The Morgan fingerprint density at radius 1 is 1.10 bits per heavy atom. The molecule has 6 heteroatoms. The first-order chi connectivity index (χ1) is 10.0. The molecule has 0 bridgehead atoms. The van der Waals surface area contributed by atoms with Crippen molar-refractivity contribution in [3.8, 4) is 5.75 Å². The van der Waals surface area contributed by atoms with Crippen molar-refractivity contribution in [2.24, 2.45) is 0 Å². The lowest BCUT2D eigenvalue weighted by molar-refractivity contribution is 0.288. The standard InChI is InChI=1S/C15H14ClNO3S/c16-12-3-6-14(7-4-12)21(18,19)17-13-5-8-15-11(10-13)2-1-9-20-15/h3-8,10,17H,1-2,9H2. The summed E-state index contributed by atoms with van der Waals surface area (Å²) in [6.07, 6.45) is 1.84. The highest BCUT2D eigenvalue weighted by molar-refractivity contribution is 7.92. The lowest BCUT2D eigenvalue weighted by Gasteiger charge is -2.18. The maximum Gasteiger partial charge on any atom is 0.261 e. The van der Waals surface area contributed by atoms with Crippen molar-refractivity contribution in [2.45, 2.75) is 17.7 Å². The van der Waals surface area contributed by atoms with Crippen molar-refractivity contribution in [3.63, 3.8) is 0 Å². The number of ether oxygens (including phenoxy) is 1. The second-order valence-corrected chi connectivity index (χ2v) is 6.95. The first kappa shape index (κ1) is 14.2. The topological polar surface area (TPSA) is 55.4 Å². The number of nitrogens with one attached hydrogen (secondary N) is 1. The number of hydrogen-bond acceptors (Lipinski definition) is 3. The number of benzene rings is 2. The zero-order chi connectivity index (χ0) is 14.9. The molecule has 0 aliphatic carbocycles. The monoisotopic (exact) mass is 323 g/mol. The van der Waals surface area contributed by atoms with Crippen molar-refractivity contribution in [2.75, 3.05) is 11.3 Å². The van der Waals surface area contributed by atoms with E-state index in [4.69, 9.17) is 16.3 Å². The van der Waals surface area contributed by atoms with E-state index in [1.165, 1.54) is 12.1 Å². The van der Waals surface area contributed by atoms with E-state index in [0.29, 0.717) is 17.3 Å². The van der Waals surface area contributed by atoms with Gasteiger partial charge in [-0.2, -0.15) is 0 Å². The van der Waals surface area contributed by atoms with Gasteiger partial charge in [0.05, 0.1) is 11.5 Å². The minimum atomic E-state index is -3.61. The van der Waals surface area contributed by atoms with Crippen molar-refractivity contribution in [3.05, 3.63) is 53.1 Å². The molecule has 2 aromatic rings. The Morgan fingerprint density at radius 3 is 2.62 bits per heavy atom. The van der Waals surface area contributed by atoms with E-state index in [9.17, 15) is 8.42 Å². The van der Waals surface area contributed by atoms with Gasteiger partial charge in [0.2, 0.25) is 0 Å². The van der Waals surface area contributed by atoms with E-state index in [2.05, 4.69) is 4.72 Å². The van der Waals surface area contributed by atoms with E-state index >= 15 is 0 Å². The van der Waals surface area contributed by atoms with Gasteiger partial charge in [-0.15, -0.1) is 0 Å². The fourth-order valence-electron chi connectivity index (χ4n) is 2.25. The minimum absolute atomic E-state index is 0.181. The second-order valence-electron chi connectivity index (χ2n) is 4.83. The van der Waals surface area contributed by atoms with Crippen LogP contribution in [-0.2, 0) is 16.4 Å². The molecule has 1 aliphatic rings. The van der Waals surface area contributed by atoms with Gasteiger partial charge in [-0.25, -0.2) is 8.42 Å². The second kappa shape index (κ2) is 5.58. The molecule has 110 valence electrons. The van der Waals surface area contributed by atoms with Crippen molar-refractivity contribution < 1.29 is 13.2 Å². The highest BCUT2D eigenvalue weighted by atomic mass is 35.5.